The lowest BCUT2D eigenvalue weighted by molar-refractivity contribution is 0.0330. The van der Waals surface area contributed by atoms with Crippen LogP contribution in [0.4, 0.5) is 0 Å². The summed E-state index contributed by atoms with van der Waals surface area (Å²) in [6, 6.07) is 6.33. The molecule has 1 amide bonds. The van der Waals surface area contributed by atoms with E-state index in [0.29, 0.717) is 5.76 Å². The van der Waals surface area contributed by atoms with Crippen LogP contribution in [0, 0.1) is 0 Å². The summed E-state index contributed by atoms with van der Waals surface area (Å²) in [6.45, 7) is 1.46. The van der Waals surface area contributed by atoms with Crippen molar-refractivity contribution >= 4 is 5.91 Å². The van der Waals surface area contributed by atoms with Gasteiger partial charge in [0.05, 0.1) is 12.8 Å². The van der Waals surface area contributed by atoms with E-state index in [1.165, 1.54) is 23.8 Å². The van der Waals surface area contributed by atoms with Crippen molar-refractivity contribution < 1.29 is 14.3 Å². The van der Waals surface area contributed by atoms with Crippen LogP contribution in [-0.2, 0) is 12.6 Å². The first kappa shape index (κ1) is 14.1. The Bertz CT molecular complexity index is 656. The van der Waals surface area contributed by atoms with Crippen LogP contribution < -0.4 is 10.9 Å². The summed E-state index contributed by atoms with van der Waals surface area (Å²) in [6.07, 6.45) is 3.01. The number of hydrogen-bond donors (Lipinski definition) is 2. The van der Waals surface area contributed by atoms with E-state index in [1.807, 2.05) is 0 Å². The van der Waals surface area contributed by atoms with Gasteiger partial charge in [-0.1, -0.05) is 0 Å². The zero-order valence-corrected chi connectivity index (χ0v) is 11.3. The normalized spacial score (nSPS) is 13.8. The number of amides is 1. The first-order valence-electron chi connectivity index (χ1n) is 6.12. The van der Waals surface area contributed by atoms with Gasteiger partial charge in [0.1, 0.15) is 16.9 Å². The van der Waals surface area contributed by atoms with Crippen molar-refractivity contribution in [3.63, 3.8) is 0 Å². The first-order chi connectivity index (χ1) is 9.42. The van der Waals surface area contributed by atoms with Gasteiger partial charge < -0.3 is 19.4 Å². The molecule has 6 nitrogen and oxygen atoms in total. The van der Waals surface area contributed by atoms with Gasteiger partial charge in [0.2, 0.25) is 0 Å². The van der Waals surface area contributed by atoms with Gasteiger partial charge in [0.25, 0.3) is 11.5 Å². The maximum atomic E-state index is 12.0. The van der Waals surface area contributed by atoms with Crippen molar-refractivity contribution in [3.05, 3.63) is 58.4 Å². The number of carbonyl (C=O) groups excluding carboxylic acids is 1. The second-order valence-electron chi connectivity index (χ2n) is 4.77. The van der Waals surface area contributed by atoms with Crippen LogP contribution >= 0.6 is 0 Å². The molecule has 0 spiro atoms. The second-order valence-corrected chi connectivity index (χ2v) is 4.77. The van der Waals surface area contributed by atoms with E-state index in [9.17, 15) is 14.7 Å². The van der Waals surface area contributed by atoms with E-state index in [2.05, 4.69) is 5.32 Å². The third kappa shape index (κ3) is 2.80. The Labute approximate surface area is 115 Å². The van der Waals surface area contributed by atoms with E-state index < -0.39 is 11.5 Å². The monoisotopic (exact) mass is 276 g/mol. The molecule has 0 aliphatic heterocycles. The van der Waals surface area contributed by atoms with E-state index >= 15 is 0 Å². The molecule has 0 aliphatic rings. The van der Waals surface area contributed by atoms with Gasteiger partial charge >= 0.3 is 0 Å². The van der Waals surface area contributed by atoms with E-state index in [0.717, 1.165) is 0 Å². The number of aliphatic hydroxyl groups is 1. The lowest BCUT2D eigenvalue weighted by atomic mass is 10.0. The number of furan rings is 1. The molecule has 106 valence electrons. The Morgan fingerprint density at radius 1 is 1.45 bits per heavy atom. The van der Waals surface area contributed by atoms with Crippen LogP contribution in [0.2, 0.25) is 0 Å². The molecule has 2 aromatic rings. The molecule has 0 radical (unpaired) electrons. The van der Waals surface area contributed by atoms with Crippen molar-refractivity contribution in [1.82, 2.24) is 9.88 Å². The summed E-state index contributed by atoms with van der Waals surface area (Å²) in [4.78, 5) is 23.8. The molecule has 0 saturated carbocycles. The number of aromatic nitrogens is 1. The standard InChI is InChI=1S/C14H16N2O4/c1-14(19,11-6-4-8-20-11)9-15-12(17)10-5-3-7-16(2)13(10)18/h3-8,19H,9H2,1-2H3,(H,15,17)/t14-/m1/s1. The SMILES string of the molecule is Cn1cccc(C(=O)NC[C@@](C)(O)c2ccco2)c1=O. The number of nitrogens with zero attached hydrogens (tertiary/aromatic N) is 1. The van der Waals surface area contributed by atoms with Crippen molar-refractivity contribution in [3.8, 4) is 0 Å². The van der Waals surface area contributed by atoms with Crippen molar-refractivity contribution in [2.75, 3.05) is 6.54 Å². The minimum Gasteiger partial charge on any atom is -0.466 e. The molecule has 2 rings (SSSR count). The highest BCUT2D eigenvalue weighted by molar-refractivity contribution is 5.93. The molecule has 20 heavy (non-hydrogen) atoms. The lowest BCUT2D eigenvalue weighted by Crippen LogP contribution is -2.40. The Morgan fingerprint density at radius 3 is 2.85 bits per heavy atom. The van der Waals surface area contributed by atoms with Gasteiger partial charge in [-0.25, -0.2) is 0 Å². The average Bonchev–Trinajstić information content (AvgIpc) is 2.94. The zero-order chi connectivity index (χ0) is 14.8. The van der Waals surface area contributed by atoms with Crippen LogP contribution in [0.3, 0.4) is 0 Å². The molecule has 2 aromatic heterocycles. The van der Waals surface area contributed by atoms with Crippen LogP contribution in [0.1, 0.15) is 23.0 Å². The van der Waals surface area contributed by atoms with Gasteiger partial charge in [0.15, 0.2) is 0 Å². The fraction of sp³-hybridized carbons (Fsp3) is 0.286. The van der Waals surface area contributed by atoms with Crippen LogP contribution in [0.25, 0.3) is 0 Å². The fourth-order valence-corrected chi connectivity index (χ4v) is 1.79. The summed E-state index contributed by atoms with van der Waals surface area (Å²) in [5.41, 5.74) is -1.69. The predicted octanol–water partition coefficient (Wildman–Crippen LogP) is 0.616. The predicted molar refractivity (Wildman–Crippen MR) is 72.3 cm³/mol. The third-order valence-electron chi connectivity index (χ3n) is 3.01. The van der Waals surface area contributed by atoms with Crippen LogP contribution in [0.5, 0.6) is 0 Å². The van der Waals surface area contributed by atoms with E-state index in [-0.39, 0.29) is 17.7 Å². The molecule has 2 heterocycles. The van der Waals surface area contributed by atoms with Crippen molar-refractivity contribution in [2.24, 2.45) is 7.05 Å². The molecule has 0 saturated heterocycles. The zero-order valence-electron chi connectivity index (χ0n) is 11.3. The summed E-state index contributed by atoms with van der Waals surface area (Å²) >= 11 is 0. The van der Waals surface area contributed by atoms with Gasteiger partial charge in [-0.05, 0) is 31.2 Å². The minimum atomic E-state index is -1.33. The van der Waals surface area contributed by atoms with Gasteiger partial charge in [0, 0.05) is 13.2 Å². The highest BCUT2D eigenvalue weighted by Crippen LogP contribution is 2.19. The van der Waals surface area contributed by atoms with E-state index in [4.69, 9.17) is 4.42 Å². The number of hydrogen-bond acceptors (Lipinski definition) is 4. The Hall–Kier alpha value is -2.34. The van der Waals surface area contributed by atoms with Crippen LogP contribution in [-0.4, -0.2) is 22.1 Å². The lowest BCUT2D eigenvalue weighted by Gasteiger charge is -2.21. The summed E-state index contributed by atoms with van der Waals surface area (Å²) in [5.74, 6) is -0.184. The Morgan fingerprint density at radius 2 is 2.20 bits per heavy atom. The summed E-state index contributed by atoms with van der Waals surface area (Å²) in [7, 11) is 1.57. The molecule has 0 aliphatic carbocycles. The number of pyridine rings is 1. The first-order valence-corrected chi connectivity index (χ1v) is 6.12. The molecule has 0 fully saturated rings. The molecule has 0 bridgehead atoms. The quantitative estimate of drug-likeness (QED) is 0.857. The van der Waals surface area contributed by atoms with Crippen molar-refractivity contribution in [2.45, 2.75) is 12.5 Å². The largest absolute Gasteiger partial charge is 0.466 e. The highest BCUT2D eigenvalue weighted by atomic mass is 16.4. The number of aryl methyl sites for hydroxylation is 1. The maximum Gasteiger partial charge on any atom is 0.263 e. The Balaban J connectivity index is 2.10. The topological polar surface area (TPSA) is 84.5 Å². The van der Waals surface area contributed by atoms with Gasteiger partial charge in [-0.3, -0.25) is 9.59 Å². The molecule has 6 heteroatoms. The van der Waals surface area contributed by atoms with Crippen LogP contribution in [0.15, 0.2) is 45.9 Å². The average molecular weight is 276 g/mol. The fourth-order valence-electron chi connectivity index (χ4n) is 1.79. The molecular formula is C14H16N2O4. The van der Waals surface area contributed by atoms with Gasteiger partial charge in [-0.2, -0.15) is 0 Å². The highest BCUT2D eigenvalue weighted by Gasteiger charge is 2.27. The minimum absolute atomic E-state index is 0.0326. The second kappa shape index (κ2) is 5.34. The smallest absolute Gasteiger partial charge is 0.263 e. The molecule has 1 atom stereocenters. The maximum absolute atomic E-state index is 12.0. The van der Waals surface area contributed by atoms with Crippen molar-refractivity contribution in [1.29, 1.82) is 0 Å². The number of carbonyl (C=O) groups is 1. The summed E-state index contributed by atoms with van der Waals surface area (Å²) in [5, 5.41) is 12.7. The third-order valence-corrected chi connectivity index (χ3v) is 3.01. The molecule has 2 N–H and O–H groups in total. The number of nitrogens with one attached hydrogen (secondary N) is 1. The molecule has 0 unspecified atom stereocenters. The van der Waals surface area contributed by atoms with Gasteiger partial charge in [-0.15, -0.1) is 0 Å². The number of rotatable bonds is 4. The molecular weight excluding hydrogens is 260 g/mol. The summed E-state index contributed by atoms with van der Waals surface area (Å²) < 4.78 is 6.43. The molecule has 0 aromatic carbocycles. The Kier molecular flexibility index (Phi) is 3.76. The van der Waals surface area contributed by atoms with E-state index in [1.54, 1.807) is 31.4 Å².